The van der Waals surface area contributed by atoms with Gasteiger partial charge in [0.15, 0.2) is 0 Å². The van der Waals surface area contributed by atoms with Gasteiger partial charge in [0, 0.05) is 0 Å². The van der Waals surface area contributed by atoms with Crippen LogP contribution in [0.15, 0.2) is 0 Å². The first kappa shape index (κ1) is 57.9. The Hall–Kier alpha value is -0.170. The van der Waals surface area contributed by atoms with Gasteiger partial charge in [0.25, 0.3) is 0 Å². The number of quaternary nitrogens is 1. The highest BCUT2D eigenvalue weighted by Crippen LogP contribution is 2.20. The first-order valence-corrected chi connectivity index (χ1v) is 27.1. The van der Waals surface area contributed by atoms with Gasteiger partial charge < -0.3 is 9.04 Å². The molecule has 0 atom stereocenters. The molecule has 0 spiro atoms. The summed E-state index contributed by atoms with van der Waals surface area (Å²) in [5.74, 6) is 0. The van der Waals surface area contributed by atoms with Crippen LogP contribution in [-0.4, -0.2) is 48.2 Å². The summed E-state index contributed by atoms with van der Waals surface area (Å²) in [6.45, 7) is 15.3. The topological polar surface area (TPSA) is 77.4 Å². The van der Waals surface area contributed by atoms with E-state index >= 15 is 0 Å². The second-order valence-electron chi connectivity index (χ2n) is 18.0. The summed E-state index contributed by atoms with van der Waals surface area (Å²) in [4.78, 5) is 0. The largest absolute Gasteiger partial charge is 0.726 e. The van der Waals surface area contributed by atoms with E-state index in [1.807, 2.05) is 0 Å². The van der Waals surface area contributed by atoms with Crippen LogP contribution in [0.3, 0.4) is 0 Å². The summed E-state index contributed by atoms with van der Waals surface area (Å²) in [6.07, 6.45) is 61.8. The Morgan fingerprint density at radius 1 is 0.304 bits per heavy atom. The standard InChI is InChI=1S/C50H104N.H2O4S/c1-5-9-12-15-18-21-24-27-30-33-36-39-42-45-48-51(8-4,49-46-43-40-37-34-31-28-25-22-19-16-13-10-6-2)50-47-44-41-38-35-32-29-26-23-20-17-14-11-7-3;1-5(2,3)4/h5-50H2,1-4H3;(H2,1,2,3,4)/q+1;/p-1. The van der Waals surface area contributed by atoms with Crippen molar-refractivity contribution in [1.29, 1.82) is 0 Å². The molecule has 0 fully saturated rings. The predicted octanol–water partition coefficient (Wildman–Crippen LogP) is 17.3. The Morgan fingerprint density at radius 2 is 0.429 bits per heavy atom. The van der Waals surface area contributed by atoms with Crippen molar-refractivity contribution in [3.05, 3.63) is 0 Å². The molecule has 56 heavy (non-hydrogen) atoms. The molecule has 0 aliphatic carbocycles. The number of hydrogen-bond acceptors (Lipinski definition) is 3. The molecular weight excluding hydrogens is 711 g/mol. The van der Waals surface area contributed by atoms with E-state index in [9.17, 15) is 0 Å². The van der Waals surface area contributed by atoms with Crippen molar-refractivity contribution in [3.63, 3.8) is 0 Å². The van der Waals surface area contributed by atoms with Gasteiger partial charge in [0.2, 0.25) is 10.4 Å². The minimum absolute atomic E-state index is 1.37. The van der Waals surface area contributed by atoms with Crippen molar-refractivity contribution in [1.82, 2.24) is 0 Å². The second kappa shape index (κ2) is 47.5. The van der Waals surface area contributed by atoms with Crippen molar-refractivity contribution in [2.45, 2.75) is 297 Å². The SMILES string of the molecule is CCCCCCCCCCCCCCCC[N+](CC)(CCCCCCCCCCCCCCCC)CCCCCCCCCCCCCCCC.O=S(=O)([O-])O. The molecule has 0 aromatic rings. The summed E-state index contributed by atoms with van der Waals surface area (Å²) in [7, 11) is -4.92. The Balaban J connectivity index is 0. The van der Waals surface area contributed by atoms with Gasteiger partial charge in [-0.15, -0.1) is 0 Å². The van der Waals surface area contributed by atoms with E-state index in [1.54, 1.807) is 0 Å². The Kier molecular flexibility index (Phi) is 49.1. The minimum Gasteiger partial charge on any atom is -0.726 e. The third-order valence-electron chi connectivity index (χ3n) is 12.6. The molecule has 0 saturated carbocycles. The molecule has 340 valence electrons. The molecule has 6 heteroatoms. The molecule has 0 rings (SSSR count). The fourth-order valence-electron chi connectivity index (χ4n) is 8.74. The maximum Gasteiger partial charge on any atom is 0.215 e. The molecule has 0 saturated heterocycles. The first-order valence-electron chi connectivity index (χ1n) is 25.8. The molecule has 0 radical (unpaired) electrons. The van der Waals surface area contributed by atoms with Crippen LogP contribution in [0.2, 0.25) is 0 Å². The van der Waals surface area contributed by atoms with Crippen LogP contribution in [0.5, 0.6) is 0 Å². The zero-order valence-electron chi connectivity index (χ0n) is 39.1. The van der Waals surface area contributed by atoms with Gasteiger partial charge in [0.1, 0.15) is 0 Å². The Bertz CT molecular complexity index is 733. The molecule has 0 unspecified atom stereocenters. The van der Waals surface area contributed by atoms with Gasteiger partial charge in [-0.2, -0.15) is 0 Å². The Morgan fingerprint density at radius 3 is 0.554 bits per heavy atom. The van der Waals surface area contributed by atoms with E-state index < -0.39 is 10.4 Å². The zero-order valence-corrected chi connectivity index (χ0v) is 39.9. The third kappa shape index (κ3) is 51.8. The molecule has 0 heterocycles. The van der Waals surface area contributed by atoms with E-state index in [4.69, 9.17) is 17.5 Å². The van der Waals surface area contributed by atoms with Crippen LogP contribution in [0.4, 0.5) is 0 Å². The normalized spacial score (nSPS) is 12.0. The van der Waals surface area contributed by atoms with Gasteiger partial charge in [-0.05, 0) is 45.4 Å². The highest BCUT2D eigenvalue weighted by atomic mass is 32.3. The van der Waals surface area contributed by atoms with E-state index in [1.165, 1.54) is 300 Å². The molecule has 0 aliphatic heterocycles. The second-order valence-corrected chi connectivity index (χ2v) is 18.9. The van der Waals surface area contributed by atoms with E-state index in [0.717, 1.165) is 0 Å². The minimum atomic E-state index is -4.92. The summed E-state index contributed by atoms with van der Waals surface area (Å²) in [6, 6.07) is 0. The van der Waals surface area contributed by atoms with Crippen molar-refractivity contribution in [3.8, 4) is 0 Å². The van der Waals surface area contributed by atoms with Crippen LogP contribution in [0, 0.1) is 0 Å². The number of nitrogens with zero attached hydrogens (tertiary/aromatic N) is 1. The summed E-state index contributed by atoms with van der Waals surface area (Å²) < 4.78 is 34.3. The predicted molar refractivity (Wildman–Crippen MR) is 249 cm³/mol. The third-order valence-corrected chi connectivity index (χ3v) is 12.6. The smallest absolute Gasteiger partial charge is 0.215 e. The molecule has 0 aromatic heterocycles. The molecule has 0 aromatic carbocycles. The van der Waals surface area contributed by atoms with Crippen LogP contribution in [0.25, 0.3) is 0 Å². The fourth-order valence-corrected chi connectivity index (χ4v) is 8.74. The van der Waals surface area contributed by atoms with Crippen molar-refractivity contribution in [2.75, 3.05) is 26.2 Å². The highest BCUT2D eigenvalue weighted by molar-refractivity contribution is 7.79. The first-order chi connectivity index (χ1) is 27.2. The lowest BCUT2D eigenvalue weighted by Crippen LogP contribution is -2.50. The van der Waals surface area contributed by atoms with Crippen molar-refractivity contribution >= 4 is 10.4 Å². The fraction of sp³-hybridized carbons (Fsp3) is 1.00. The molecule has 0 amide bonds. The molecule has 0 bridgehead atoms. The molecule has 0 aliphatic rings. The Labute approximate surface area is 354 Å². The average Bonchev–Trinajstić information content (AvgIpc) is 3.17. The lowest BCUT2D eigenvalue weighted by atomic mass is 10.0. The number of rotatable bonds is 46. The number of unbranched alkanes of at least 4 members (excludes halogenated alkanes) is 39. The monoisotopic (exact) mass is 816 g/mol. The van der Waals surface area contributed by atoms with Gasteiger partial charge >= 0.3 is 0 Å². The van der Waals surface area contributed by atoms with Gasteiger partial charge in [-0.25, -0.2) is 8.42 Å². The molecule has 5 nitrogen and oxygen atoms in total. The highest BCUT2D eigenvalue weighted by Gasteiger charge is 2.24. The van der Waals surface area contributed by atoms with Crippen LogP contribution in [0.1, 0.15) is 297 Å². The van der Waals surface area contributed by atoms with Crippen molar-refractivity contribution in [2.24, 2.45) is 0 Å². The quantitative estimate of drug-likeness (QED) is 0.0287. The van der Waals surface area contributed by atoms with Crippen molar-refractivity contribution < 1.29 is 22.0 Å². The summed E-state index contributed by atoms with van der Waals surface area (Å²) >= 11 is 0. The van der Waals surface area contributed by atoms with E-state index in [2.05, 4.69) is 27.7 Å². The maximum atomic E-state index is 8.63. The molecular formula is C50H105NO4S. The van der Waals surface area contributed by atoms with E-state index in [0.29, 0.717) is 0 Å². The lowest BCUT2D eigenvalue weighted by molar-refractivity contribution is -0.927. The van der Waals surface area contributed by atoms with Crippen LogP contribution >= 0.6 is 0 Å². The average molecular weight is 816 g/mol. The molecule has 1 N–H and O–H groups in total. The summed E-state index contributed by atoms with van der Waals surface area (Å²) in [5.41, 5.74) is 0. The zero-order chi connectivity index (χ0) is 41.5. The van der Waals surface area contributed by atoms with Gasteiger partial charge in [-0.3, -0.25) is 4.55 Å². The van der Waals surface area contributed by atoms with E-state index in [-0.39, 0.29) is 0 Å². The maximum absolute atomic E-state index is 8.63. The van der Waals surface area contributed by atoms with Crippen LogP contribution < -0.4 is 0 Å². The number of hydrogen-bond donors (Lipinski definition) is 1. The van der Waals surface area contributed by atoms with Gasteiger partial charge in [-0.1, -0.05) is 252 Å². The summed E-state index contributed by atoms with van der Waals surface area (Å²) in [5, 5.41) is 0. The lowest BCUT2D eigenvalue weighted by Gasteiger charge is -2.38. The van der Waals surface area contributed by atoms with Crippen LogP contribution in [-0.2, 0) is 10.4 Å². The van der Waals surface area contributed by atoms with Gasteiger partial charge in [0.05, 0.1) is 26.2 Å².